The van der Waals surface area contributed by atoms with E-state index in [2.05, 4.69) is 39.4 Å². The molecule has 0 radical (unpaired) electrons. The fraction of sp³-hybridized carbons (Fsp3) is 0.435. The Bertz CT molecular complexity index is 838. The number of hydrogen-bond donors (Lipinski definition) is 1. The van der Waals surface area contributed by atoms with Crippen LogP contribution in [0.25, 0.3) is 0 Å². The lowest BCUT2D eigenvalue weighted by atomic mass is 10.2. The third-order valence-corrected chi connectivity index (χ3v) is 5.85. The number of piperazine rings is 1. The van der Waals surface area contributed by atoms with E-state index in [1.54, 1.807) is 7.11 Å². The zero-order chi connectivity index (χ0) is 20.2. The highest BCUT2D eigenvalue weighted by Gasteiger charge is 2.22. The summed E-state index contributed by atoms with van der Waals surface area (Å²) in [5.41, 5.74) is 4.35. The van der Waals surface area contributed by atoms with Gasteiger partial charge in [0.25, 0.3) is 0 Å². The first-order valence-corrected chi connectivity index (χ1v) is 10.4. The molecule has 2 aliphatic heterocycles. The third kappa shape index (κ3) is 4.42. The lowest BCUT2D eigenvalue weighted by molar-refractivity contribution is 0.208. The Labute approximate surface area is 173 Å². The Morgan fingerprint density at radius 3 is 2.03 bits per heavy atom. The first-order chi connectivity index (χ1) is 14.1. The molecule has 2 saturated heterocycles. The van der Waals surface area contributed by atoms with Gasteiger partial charge < -0.3 is 24.8 Å². The van der Waals surface area contributed by atoms with Gasteiger partial charge in [0.1, 0.15) is 5.75 Å². The van der Waals surface area contributed by atoms with Crippen LogP contribution in [0.1, 0.15) is 18.4 Å². The largest absolute Gasteiger partial charge is 0.495 e. The minimum absolute atomic E-state index is 0.0714. The molecule has 0 spiro atoms. The number of hydrogen-bond acceptors (Lipinski definition) is 4. The van der Waals surface area contributed by atoms with Gasteiger partial charge >= 0.3 is 6.03 Å². The number of aryl methyl sites for hydroxylation is 1. The standard InChI is InChI=1S/C23H30N4O2/c1-18-5-10-22(29-2)21(17-18)24-23(28)27-15-13-26(14-16-27)20-8-6-19(7-9-20)25-11-3-4-12-25/h5-10,17H,3-4,11-16H2,1-2H3,(H,24,28). The molecule has 0 bridgehead atoms. The van der Waals surface area contributed by atoms with Gasteiger partial charge in [-0.1, -0.05) is 6.07 Å². The van der Waals surface area contributed by atoms with E-state index in [9.17, 15) is 4.79 Å². The summed E-state index contributed by atoms with van der Waals surface area (Å²) in [6.45, 7) is 7.41. The predicted molar refractivity (Wildman–Crippen MR) is 118 cm³/mol. The molecule has 1 N–H and O–H groups in total. The number of urea groups is 1. The minimum Gasteiger partial charge on any atom is -0.495 e. The normalized spacial score (nSPS) is 16.8. The first-order valence-electron chi connectivity index (χ1n) is 10.4. The van der Waals surface area contributed by atoms with E-state index in [1.807, 2.05) is 30.0 Å². The van der Waals surface area contributed by atoms with Crippen LogP contribution in [0.3, 0.4) is 0 Å². The second-order valence-corrected chi connectivity index (χ2v) is 7.82. The Hall–Kier alpha value is -2.89. The maximum Gasteiger partial charge on any atom is 0.322 e. The quantitative estimate of drug-likeness (QED) is 0.853. The van der Waals surface area contributed by atoms with Crippen LogP contribution in [0.4, 0.5) is 21.9 Å². The van der Waals surface area contributed by atoms with Crippen molar-refractivity contribution in [3.05, 3.63) is 48.0 Å². The second-order valence-electron chi connectivity index (χ2n) is 7.82. The summed E-state index contributed by atoms with van der Waals surface area (Å²) >= 11 is 0. The molecular formula is C23H30N4O2. The van der Waals surface area contributed by atoms with Gasteiger partial charge in [0.05, 0.1) is 12.8 Å². The number of carbonyl (C=O) groups is 1. The molecule has 2 aromatic carbocycles. The molecule has 0 saturated carbocycles. The molecule has 29 heavy (non-hydrogen) atoms. The molecule has 6 heteroatoms. The zero-order valence-electron chi connectivity index (χ0n) is 17.4. The van der Waals surface area contributed by atoms with Crippen molar-refractivity contribution in [1.29, 1.82) is 0 Å². The average molecular weight is 395 g/mol. The number of carbonyl (C=O) groups excluding carboxylic acids is 1. The van der Waals surface area contributed by atoms with Gasteiger partial charge in [0, 0.05) is 50.6 Å². The average Bonchev–Trinajstić information content (AvgIpc) is 3.29. The summed E-state index contributed by atoms with van der Waals surface area (Å²) in [5, 5.41) is 3.00. The molecule has 2 aromatic rings. The molecule has 2 fully saturated rings. The molecular weight excluding hydrogens is 364 g/mol. The molecule has 2 aliphatic rings. The van der Waals surface area contributed by atoms with Gasteiger partial charge in [-0.25, -0.2) is 4.79 Å². The fourth-order valence-electron chi connectivity index (χ4n) is 4.13. The molecule has 0 atom stereocenters. The van der Waals surface area contributed by atoms with Crippen molar-refractivity contribution in [3.8, 4) is 5.75 Å². The van der Waals surface area contributed by atoms with Gasteiger partial charge in [-0.3, -0.25) is 0 Å². The van der Waals surface area contributed by atoms with E-state index < -0.39 is 0 Å². The molecule has 4 rings (SSSR count). The Morgan fingerprint density at radius 1 is 0.862 bits per heavy atom. The monoisotopic (exact) mass is 394 g/mol. The van der Waals surface area contributed by atoms with Crippen LogP contribution in [-0.4, -0.2) is 57.3 Å². The number of rotatable bonds is 4. The van der Waals surface area contributed by atoms with Gasteiger partial charge in [-0.05, 0) is 61.7 Å². The zero-order valence-corrected chi connectivity index (χ0v) is 17.4. The smallest absolute Gasteiger partial charge is 0.322 e. The molecule has 154 valence electrons. The lowest BCUT2D eigenvalue weighted by Crippen LogP contribution is -2.50. The molecule has 0 aromatic heterocycles. The van der Waals surface area contributed by atoms with Crippen LogP contribution in [0.2, 0.25) is 0 Å². The van der Waals surface area contributed by atoms with E-state index in [0.29, 0.717) is 18.8 Å². The lowest BCUT2D eigenvalue weighted by Gasteiger charge is -2.36. The molecule has 0 unspecified atom stereocenters. The summed E-state index contributed by atoms with van der Waals surface area (Å²) in [7, 11) is 1.62. The first kappa shape index (κ1) is 19.4. The maximum absolute atomic E-state index is 12.7. The fourth-order valence-corrected chi connectivity index (χ4v) is 4.13. The Morgan fingerprint density at radius 2 is 1.45 bits per heavy atom. The molecule has 2 amide bonds. The number of benzene rings is 2. The highest BCUT2D eigenvalue weighted by molar-refractivity contribution is 5.91. The van der Waals surface area contributed by atoms with Crippen molar-refractivity contribution < 1.29 is 9.53 Å². The molecule has 2 heterocycles. The summed E-state index contributed by atoms with van der Waals surface area (Å²) in [6, 6.07) is 14.6. The highest BCUT2D eigenvalue weighted by atomic mass is 16.5. The van der Waals surface area contributed by atoms with Crippen LogP contribution < -0.4 is 19.9 Å². The van der Waals surface area contributed by atoms with Crippen LogP contribution >= 0.6 is 0 Å². The van der Waals surface area contributed by atoms with Gasteiger partial charge in [0.15, 0.2) is 0 Å². The number of ether oxygens (including phenoxy) is 1. The van der Waals surface area contributed by atoms with E-state index in [-0.39, 0.29) is 6.03 Å². The van der Waals surface area contributed by atoms with E-state index in [0.717, 1.165) is 24.3 Å². The van der Waals surface area contributed by atoms with Crippen molar-refractivity contribution in [3.63, 3.8) is 0 Å². The van der Waals surface area contributed by atoms with Crippen molar-refractivity contribution in [2.75, 3.05) is 61.5 Å². The van der Waals surface area contributed by atoms with Crippen LogP contribution in [0.15, 0.2) is 42.5 Å². The van der Waals surface area contributed by atoms with Crippen molar-refractivity contribution in [2.45, 2.75) is 19.8 Å². The SMILES string of the molecule is COc1ccc(C)cc1NC(=O)N1CCN(c2ccc(N3CCCC3)cc2)CC1. The van der Waals surface area contributed by atoms with Crippen LogP contribution in [0.5, 0.6) is 5.75 Å². The Kier molecular flexibility index (Phi) is 5.79. The van der Waals surface area contributed by atoms with E-state index in [4.69, 9.17) is 4.74 Å². The number of nitrogens with zero attached hydrogens (tertiary/aromatic N) is 3. The number of nitrogens with one attached hydrogen (secondary N) is 1. The molecule has 6 nitrogen and oxygen atoms in total. The maximum atomic E-state index is 12.7. The minimum atomic E-state index is -0.0714. The van der Waals surface area contributed by atoms with Crippen LogP contribution in [0, 0.1) is 6.92 Å². The summed E-state index contributed by atoms with van der Waals surface area (Å²) in [5.74, 6) is 0.681. The van der Waals surface area contributed by atoms with Gasteiger partial charge in [-0.15, -0.1) is 0 Å². The molecule has 0 aliphatic carbocycles. The highest BCUT2D eigenvalue weighted by Crippen LogP contribution is 2.27. The van der Waals surface area contributed by atoms with E-state index in [1.165, 1.54) is 37.3 Å². The summed E-state index contributed by atoms with van der Waals surface area (Å²) in [6.07, 6.45) is 2.58. The van der Waals surface area contributed by atoms with Gasteiger partial charge in [0.2, 0.25) is 0 Å². The predicted octanol–water partition coefficient (Wildman–Crippen LogP) is 3.96. The second kappa shape index (κ2) is 8.64. The third-order valence-electron chi connectivity index (χ3n) is 5.85. The number of anilines is 3. The number of amides is 2. The van der Waals surface area contributed by atoms with Crippen molar-refractivity contribution in [2.24, 2.45) is 0 Å². The number of methoxy groups -OCH3 is 1. The van der Waals surface area contributed by atoms with Gasteiger partial charge in [-0.2, -0.15) is 0 Å². The van der Waals surface area contributed by atoms with Crippen LogP contribution in [-0.2, 0) is 0 Å². The van der Waals surface area contributed by atoms with Crippen molar-refractivity contribution >= 4 is 23.1 Å². The van der Waals surface area contributed by atoms with E-state index >= 15 is 0 Å². The topological polar surface area (TPSA) is 48.1 Å². The van der Waals surface area contributed by atoms with Crippen molar-refractivity contribution in [1.82, 2.24) is 4.90 Å². The summed E-state index contributed by atoms with van der Waals surface area (Å²) < 4.78 is 5.36. The Balaban J connectivity index is 1.33. The summed E-state index contributed by atoms with van der Waals surface area (Å²) in [4.78, 5) is 19.4.